The van der Waals surface area contributed by atoms with E-state index in [9.17, 15) is 9.18 Å². The quantitative estimate of drug-likeness (QED) is 0.417. The van der Waals surface area contributed by atoms with E-state index >= 15 is 0 Å². The highest BCUT2D eigenvalue weighted by Crippen LogP contribution is 2.27. The summed E-state index contributed by atoms with van der Waals surface area (Å²) in [5.41, 5.74) is -0.289. The third-order valence-electron chi connectivity index (χ3n) is 5.75. The van der Waals surface area contributed by atoms with Gasteiger partial charge in [0.25, 0.3) is 5.91 Å². The van der Waals surface area contributed by atoms with E-state index in [2.05, 4.69) is 25.4 Å². The summed E-state index contributed by atoms with van der Waals surface area (Å²) in [6, 6.07) is 4.15. The molecule has 1 unspecified atom stereocenters. The van der Waals surface area contributed by atoms with Crippen molar-refractivity contribution in [3.63, 3.8) is 0 Å². The molecule has 3 aromatic heterocycles. The summed E-state index contributed by atoms with van der Waals surface area (Å²) >= 11 is 0. The molecule has 11 heteroatoms. The zero-order valence-corrected chi connectivity index (χ0v) is 19.4. The Morgan fingerprint density at radius 2 is 2.19 bits per heavy atom. The molecule has 1 aliphatic heterocycles. The number of aromatic nitrogens is 6. The van der Waals surface area contributed by atoms with Crippen molar-refractivity contribution < 1.29 is 24.9 Å². The van der Waals surface area contributed by atoms with E-state index in [0.717, 1.165) is 17.2 Å². The molecule has 186 valence electrons. The third-order valence-corrected chi connectivity index (χ3v) is 5.75. The molecule has 0 bridgehead atoms. The summed E-state index contributed by atoms with van der Waals surface area (Å²) in [7, 11) is -1.17. The van der Waals surface area contributed by atoms with E-state index in [1.54, 1.807) is 13.1 Å². The number of nitrogens with zero attached hydrogens (tertiary/aromatic N) is 7. The van der Waals surface area contributed by atoms with Crippen LogP contribution in [0.2, 0.25) is 0 Å². The lowest BCUT2D eigenvalue weighted by Crippen LogP contribution is -2.49. The Hall–Kier alpha value is -4.12. The lowest BCUT2D eigenvalue weighted by atomic mass is 10.1. The Morgan fingerprint density at radius 3 is 2.94 bits per heavy atom. The molecule has 0 saturated heterocycles. The number of imidazole rings is 1. The van der Waals surface area contributed by atoms with Gasteiger partial charge in [-0.15, -0.1) is 0 Å². The Morgan fingerprint density at radius 1 is 1.31 bits per heavy atom. The number of ether oxygens (including phenoxy) is 1. The number of carbonyl (C=O) groups is 1. The second kappa shape index (κ2) is 9.50. The van der Waals surface area contributed by atoms with Crippen LogP contribution in [-0.4, -0.2) is 59.8 Å². The number of halogens is 1. The number of benzene rings is 1. The monoisotopic (exact) mass is 498 g/mol. The maximum atomic E-state index is 14.5. The standard InChI is InChI=1S/C25H27FN8O2/c1-15-5-6-17(9-19(15)26)11-34-18(14-36-4)12-33-13-20(29-23(33)24(34)35)22-16(2)10-27-25(31-22)30-21-7-8-28-32(21)3/h5-10,13,18H,11-12,14H2,1-4H3,(H,27,30,31)/i2D3,4D3,11D2. The summed E-state index contributed by atoms with van der Waals surface area (Å²) in [6.07, 6.45) is 4.04. The molecule has 1 atom stereocenters. The van der Waals surface area contributed by atoms with Crippen LogP contribution < -0.4 is 5.32 Å². The summed E-state index contributed by atoms with van der Waals surface area (Å²) < 4.78 is 86.4. The zero-order valence-electron chi connectivity index (χ0n) is 27.4. The minimum atomic E-state index is -2.84. The topological polar surface area (TPSA) is 103 Å². The number of amides is 1. The first kappa shape index (κ1) is 15.8. The fourth-order valence-corrected chi connectivity index (χ4v) is 3.84. The fourth-order valence-electron chi connectivity index (χ4n) is 3.84. The smallest absolute Gasteiger partial charge is 0.290 e. The van der Waals surface area contributed by atoms with Crippen LogP contribution >= 0.6 is 0 Å². The molecule has 4 aromatic rings. The van der Waals surface area contributed by atoms with Gasteiger partial charge in [0.1, 0.15) is 17.3 Å². The van der Waals surface area contributed by atoms with E-state index in [1.165, 1.54) is 40.7 Å². The summed E-state index contributed by atoms with van der Waals surface area (Å²) in [5.74, 6) is -1.37. The van der Waals surface area contributed by atoms with Gasteiger partial charge in [-0.2, -0.15) is 5.10 Å². The third kappa shape index (κ3) is 4.44. The first-order valence-electron chi connectivity index (χ1n) is 14.9. The largest absolute Gasteiger partial charge is 0.382 e. The highest BCUT2D eigenvalue weighted by atomic mass is 19.1. The van der Waals surface area contributed by atoms with Crippen LogP contribution in [0.3, 0.4) is 0 Å². The minimum absolute atomic E-state index is 0.0192. The van der Waals surface area contributed by atoms with E-state index < -0.39 is 44.8 Å². The van der Waals surface area contributed by atoms with Crippen LogP contribution in [0.25, 0.3) is 11.4 Å². The van der Waals surface area contributed by atoms with Crippen molar-refractivity contribution in [1.29, 1.82) is 0 Å². The highest BCUT2D eigenvalue weighted by molar-refractivity contribution is 5.92. The van der Waals surface area contributed by atoms with Gasteiger partial charge in [0, 0.05) is 49.7 Å². The highest BCUT2D eigenvalue weighted by Gasteiger charge is 2.35. The number of anilines is 2. The number of nitrogens with one attached hydrogen (secondary N) is 1. The SMILES string of the molecule is [2H]C([2H])([2H])OCC1Cn2cc(-c3nc(Nc4ccnn4C)ncc3C([2H])([2H])[2H])nc2C(=O)N1C([2H])([2H])c1ccc(C)c(F)c1. The minimum Gasteiger partial charge on any atom is -0.382 e. The molecule has 4 heterocycles. The Bertz CT molecular complexity index is 1720. The van der Waals surface area contributed by atoms with Crippen LogP contribution in [0.5, 0.6) is 0 Å². The molecule has 0 fully saturated rings. The van der Waals surface area contributed by atoms with Gasteiger partial charge < -0.3 is 19.5 Å². The number of aryl methyl sites for hydroxylation is 3. The van der Waals surface area contributed by atoms with Crippen LogP contribution in [0.4, 0.5) is 16.2 Å². The fraction of sp³-hybridized carbons (Fsp3) is 0.320. The van der Waals surface area contributed by atoms with Crippen molar-refractivity contribution >= 4 is 17.7 Å². The maximum absolute atomic E-state index is 14.5. The van der Waals surface area contributed by atoms with Gasteiger partial charge in [0.15, 0.2) is 5.82 Å². The zero-order chi connectivity index (χ0) is 32.2. The number of hydrogen-bond donors (Lipinski definition) is 1. The van der Waals surface area contributed by atoms with Gasteiger partial charge in [-0.05, 0) is 36.5 Å². The van der Waals surface area contributed by atoms with Crippen molar-refractivity contribution in [1.82, 2.24) is 34.2 Å². The van der Waals surface area contributed by atoms with Crippen molar-refractivity contribution in [2.24, 2.45) is 7.05 Å². The number of hydrogen-bond acceptors (Lipinski definition) is 7. The predicted molar refractivity (Wildman–Crippen MR) is 131 cm³/mol. The molecule has 0 aliphatic carbocycles. The predicted octanol–water partition coefficient (Wildman–Crippen LogP) is 3.24. The van der Waals surface area contributed by atoms with Crippen molar-refractivity contribution in [2.45, 2.75) is 32.9 Å². The Balaban J connectivity index is 1.59. The maximum Gasteiger partial charge on any atom is 0.290 e. The molecule has 0 saturated carbocycles. The molecular weight excluding hydrogens is 463 g/mol. The second-order valence-corrected chi connectivity index (χ2v) is 8.24. The van der Waals surface area contributed by atoms with Gasteiger partial charge in [-0.25, -0.2) is 19.3 Å². The number of fused-ring (bicyclic) bond motifs is 1. The molecule has 0 radical (unpaired) electrons. The average molecular weight is 499 g/mol. The molecule has 5 rings (SSSR count). The van der Waals surface area contributed by atoms with Crippen LogP contribution in [-0.2, 0) is 24.8 Å². The molecule has 1 amide bonds. The van der Waals surface area contributed by atoms with Gasteiger partial charge in [-0.1, -0.05) is 12.1 Å². The van der Waals surface area contributed by atoms with Crippen LogP contribution in [0.1, 0.15) is 38.3 Å². The summed E-state index contributed by atoms with van der Waals surface area (Å²) in [4.78, 5) is 27.5. The first-order valence-corrected chi connectivity index (χ1v) is 10.9. The van der Waals surface area contributed by atoms with Gasteiger partial charge in [-0.3, -0.25) is 9.48 Å². The van der Waals surface area contributed by atoms with E-state index in [-0.39, 0.29) is 46.4 Å². The normalized spacial score (nSPS) is 19.7. The molecule has 1 aliphatic rings. The van der Waals surface area contributed by atoms with Crippen molar-refractivity contribution in [3.05, 3.63) is 71.2 Å². The Labute approximate surface area is 219 Å². The van der Waals surface area contributed by atoms with E-state index in [4.69, 9.17) is 15.7 Å². The van der Waals surface area contributed by atoms with Crippen molar-refractivity contribution in [2.75, 3.05) is 19.0 Å². The van der Waals surface area contributed by atoms with E-state index in [1.807, 2.05) is 0 Å². The van der Waals surface area contributed by atoms with Gasteiger partial charge >= 0.3 is 0 Å². The molecular formula is C25H27FN8O2. The molecule has 1 N–H and O–H groups in total. The lowest BCUT2D eigenvalue weighted by Gasteiger charge is -2.35. The molecule has 36 heavy (non-hydrogen) atoms. The average Bonchev–Trinajstić information content (AvgIpc) is 3.54. The number of methoxy groups -OCH3 is 1. The molecule has 10 nitrogen and oxygen atoms in total. The van der Waals surface area contributed by atoms with Gasteiger partial charge in [0.05, 0.1) is 31.4 Å². The van der Waals surface area contributed by atoms with Gasteiger partial charge in [0.2, 0.25) is 5.95 Å². The van der Waals surface area contributed by atoms with Crippen molar-refractivity contribution in [3.8, 4) is 11.4 Å². The van der Waals surface area contributed by atoms with Crippen LogP contribution in [0.15, 0.2) is 42.9 Å². The summed E-state index contributed by atoms with van der Waals surface area (Å²) in [6.45, 7) is -4.54. The molecule has 0 spiro atoms. The number of rotatable bonds is 7. The Kier molecular flexibility index (Phi) is 4.17. The first-order chi connectivity index (χ1) is 20.5. The molecule has 1 aromatic carbocycles. The lowest BCUT2D eigenvalue weighted by molar-refractivity contribution is 0.0380. The number of carbonyl (C=O) groups excluding carboxylic acids is 1. The second-order valence-electron chi connectivity index (χ2n) is 8.24. The van der Waals surface area contributed by atoms with Crippen LogP contribution in [0, 0.1) is 19.6 Å². The summed E-state index contributed by atoms with van der Waals surface area (Å²) in [5, 5.41) is 6.99. The van der Waals surface area contributed by atoms with E-state index in [0.29, 0.717) is 5.82 Å².